The van der Waals surface area contributed by atoms with Crippen LogP contribution in [0, 0.1) is 18.8 Å². The number of ketones is 2. The lowest BCUT2D eigenvalue weighted by Crippen LogP contribution is -2.50. The first-order valence-corrected chi connectivity index (χ1v) is 15.9. The standard InChI is InChI=1S/C36H45NO10/c1-24(2)31-23-46-36(43)37(31)35(42)30(21-27-11-6-5-7-12-27)34(47-26(4)39)33(41)22-29(28-13-8-10-25(3)20-28)32(40)14-9-16-44-18-19-45-17-15-38/h5-8,10-13,20,22,24,30-31,34,38H,9,14-19,21,23H2,1-4H3. The predicted octanol–water partition coefficient (Wildman–Crippen LogP) is 4.12. The number of carbonyl (C=O) groups excluding carboxylic acids is 5. The summed E-state index contributed by atoms with van der Waals surface area (Å²) < 4.78 is 21.5. The molecular formula is C36H45NO10. The number of aryl methyl sites for hydroxylation is 1. The fourth-order valence-corrected chi connectivity index (χ4v) is 5.29. The number of hydrogen-bond donors (Lipinski definition) is 1. The summed E-state index contributed by atoms with van der Waals surface area (Å²) in [5.74, 6) is -4.01. The van der Waals surface area contributed by atoms with Crippen LogP contribution in [0.2, 0.25) is 0 Å². The van der Waals surface area contributed by atoms with Crippen molar-refractivity contribution < 1.29 is 48.0 Å². The van der Waals surface area contributed by atoms with Gasteiger partial charge in [0.15, 0.2) is 17.7 Å². The van der Waals surface area contributed by atoms with E-state index in [-0.39, 0.29) is 56.5 Å². The van der Waals surface area contributed by atoms with E-state index in [1.165, 1.54) is 0 Å². The number of Topliss-reactive ketones (excluding diaryl/α,β-unsaturated/α-hetero) is 1. The second-order valence-corrected chi connectivity index (χ2v) is 11.7. The predicted molar refractivity (Wildman–Crippen MR) is 173 cm³/mol. The van der Waals surface area contributed by atoms with Gasteiger partial charge in [-0.2, -0.15) is 0 Å². The van der Waals surface area contributed by atoms with Gasteiger partial charge in [0.05, 0.1) is 38.4 Å². The number of imide groups is 1. The zero-order chi connectivity index (χ0) is 34.3. The van der Waals surface area contributed by atoms with Crippen molar-refractivity contribution in [3.8, 4) is 0 Å². The summed E-state index contributed by atoms with van der Waals surface area (Å²) in [5, 5.41) is 8.79. The molecule has 3 unspecified atom stereocenters. The molecule has 1 aliphatic rings. The van der Waals surface area contributed by atoms with Gasteiger partial charge in [0.2, 0.25) is 5.91 Å². The van der Waals surface area contributed by atoms with E-state index >= 15 is 0 Å². The average molecular weight is 652 g/mol. The van der Waals surface area contributed by atoms with Gasteiger partial charge in [-0.25, -0.2) is 9.69 Å². The van der Waals surface area contributed by atoms with E-state index in [9.17, 15) is 24.0 Å². The van der Waals surface area contributed by atoms with Crippen LogP contribution in [0.4, 0.5) is 4.79 Å². The summed E-state index contributed by atoms with van der Waals surface area (Å²) in [6, 6.07) is 15.4. The van der Waals surface area contributed by atoms with Gasteiger partial charge in [-0.05, 0) is 42.9 Å². The van der Waals surface area contributed by atoms with E-state index in [4.69, 9.17) is 24.1 Å². The van der Waals surface area contributed by atoms with Gasteiger partial charge in [0, 0.05) is 25.5 Å². The number of allylic oxidation sites excluding steroid dienone is 1. The zero-order valence-corrected chi connectivity index (χ0v) is 27.5. The number of hydrogen-bond acceptors (Lipinski definition) is 10. The third kappa shape index (κ3) is 11.2. The molecule has 1 N–H and O–H groups in total. The smallest absolute Gasteiger partial charge is 0.416 e. The van der Waals surface area contributed by atoms with Gasteiger partial charge in [0.25, 0.3) is 0 Å². The maximum absolute atomic E-state index is 14.2. The van der Waals surface area contributed by atoms with E-state index in [0.29, 0.717) is 30.8 Å². The van der Waals surface area contributed by atoms with Crippen molar-refractivity contribution in [2.45, 2.75) is 59.1 Å². The Bertz CT molecular complexity index is 1400. The van der Waals surface area contributed by atoms with E-state index in [0.717, 1.165) is 23.5 Å². The molecule has 1 heterocycles. The van der Waals surface area contributed by atoms with Crippen molar-refractivity contribution in [1.29, 1.82) is 0 Å². The van der Waals surface area contributed by atoms with E-state index in [1.54, 1.807) is 48.5 Å². The minimum absolute atomic E-state index is 0.0117. The van der Waals surface area contributed by atoms with Crippen molar-refractivity contribution in [2.24, 2.45) is 11.8 Å². The molecule has 0 aliphatic carbocycles. The van der Waals surface area contributed by atoms with Crippen LogP contribution in [0.1, 0.15) is 50.3 Å². The quantitative estimate of drug-likeness (QED) is 0.134. The molecule has 1 fully saturated rings. The minimum Gasteiger partial charge on any atom is -0.453 e. The Hall–Kier alpha value is -4.19. The van der Waals surface area contributed by atoms with Crippen LogP contribution in [-0.4, -0.2) is 91.3 Å². The first-order valence-electron chi connectivity index (χ1n) is 15.9. The third-order valence-corrected chi connectivity index (χ3v) is 7.68. The molecule has 2 aromatic carbocycles. The number of amides is 2. The lowest BCUT2D eigenvalue weighted by atomic mass is 9.87. The molecule has 1 saturated heterocycles. The summed E-state index contributed by atoms with van der Waals surface area (Å²) in [4.78, 5) is 68.2. The van der Waals surface area contributed by atoms with Gasteiger partial charge in [-0.1, -0.05) is 74.0 Å². The normalized spacial score (nSPS) is 16.1. The van der Waals surface area contributed by atoms with Crippen molar-refractivity contribution in [2.75, 3.05) is 39.6 Å². The average Bonchev–Trinajstić information content (AvgIpc) is 3.44. The van der Waals surface area contributed by atoms with Crippen LogP contribution in [0.25, 0.3) is 5.57 Å². The largest absolute Gasteiger partial charge is 0.453 e. The van der Waals surface area contributed by atoms with Crippen LogP contribution in [-0.2, 0) is 44.5 Å². The molecule has 0 radical (unpaired) electrons. The number of ether oxygens (including phenoxy) is 4. The highest BCUT2D eigenvalue weighted by molar-refractivity contribution is 6.25. The lowest BCUT2D eigenvalue weighted by Gasteiger charge is -2.30. The zero-order valence-electron chi connectivity index (χ0n) is 27.5. The maximum atomic E-state index is 14.2. The minimum atomic E-state index is -1.63. The van der Waals surface area contributed by atoms with Crippen LogP contribution >= 0.6 is 0 Å². The fraction of sp³-hybridized carbons (Fsp3) is 0.472. The molecule has 47 heavy (non-hydrogen) atoms. The molecule has 11 nitrogen and oxygen atoms in total. The van der Waals surface area contributed by atoms with Crippen LogP contribution in [0.15, 0.2) is 60.7 Å². The molecule has 0 bridgehead atoms. The fourth-order valence-electron chi connectivity index (χ4n) is 5.29. The van der Waals surface area contributed by atoms with Gasteiger partial charge in [-0.15, -0.1) is 0 Å². The highest BCUT2D eigenvalue weighted by Gasteiger charge is 2.46. The molecule has 11 heteroatoms. The van der Waals surface area contributed by atoms with Crippen molar-refractivity contribution in [3.63, 3.8) is 0 Å². The first-order chi connectivity index (χ1) is 22.5. The summed E-state index contributed by atoms with van der Waals surface area (Å²) in [5.41, 5.74) is 2.15. The number of aliphatic hydroxyl groups is 1. The molecule has 2 aromatic rings. The SMILES string of the molecule is CC(=O)OC(C(=O)C=C(C(=O)CCCOCCOCCO)c1cccc(C)c1)C(Cc1ccccc1)C(=O)N1C(=O)OCC1C(C)C. The molecule has 1 aliphatic heterocycles. The van der Waals surface area contributed by atoms with Crippen LogP contribution in [0.5, 0.6) is 0 Å². The van der Waals surface area contributed by atoms with E-state index < -0.39 is 41.8 Å². The Labute approximate surface area is 275 Å². The van der Waals surface area contributed by atoms with Gasteiger partial charge in [0.1, 0.15) is 6.61 Å². The summed E-state index contributed by atoms with van der Waals surface area (Å²) in [6.07, 6.45) is -0.900. The van der Waals surface area contributed by atoms with Crippen LogP contribution in [0.3, 0.4) is 0 Å². The molecule has 0 aromatic heterocycles. The van der Waals surface area contributed by atoms with Crippen molar-refractivity contribution >= 4 is 35.1 Å². The Morgan fingerprint density at radius 2 is 1.70 bits per heavy atom. The maximum Gasteiger partial charge on any atom is 0.416 e. The lowest BCUT2D eigenvalue weighted by molar-refractivity contribution is -0.159. The molecule has 3 rings (SSSR count). The number of aliphatic hydroxyl groups excluding tert-OH is 1. The Morgan fingerprint density at radius 3 is 2.34 bits per heavy atom. The number of nitrogens with zero attached hydrogens (tertiary/aromatic N) is 1. The van der Waals surface area contributed by atoms with Gasteiger partial charge >= 0.3 is 12.1 Å². The van der Waals surface area contributed by atoms with E-state index in [1.807, 2.05) is 26.8 Å². The number of carbonyl (C=O) groups is 5. The number of cyclic esters (lactones) is 1. The highest BCUT2D eigenvalue weighted by atomic mass is 16.6. The Kier molecular flexibility index (Phi) is 14.9. The number of benzene rings is 2. The first kappa shape index (κ1) is 37.3. The topological polar surface area (TPSA) is 146 Å². The summed E-state index contributed by atoms with van der Waals surface area (Å²) in [7, 11) is 0. The highest BCUT2D eigenvalue weighted by Crippen LogP contribution is 2.28. The molecular weight excluding hydrogens is 606 g/mol. The van der Waals surface area contributed by atoms with Crippen LogP contribution < -0.4 is 0 Å². The second kappa shape index (κ2) is 18.8. The molecule has 3 atom stereocenters. The molecule has 0 saturated carbocycles. The Morgan fingerprint density at radius 1 is 1.00 bits per heavy atom. The van der Waals surface area contributed by atoms with Crippen molar-refractivity contribution in [1.82, 2.24) is 4.90 Å². The van der Waals surface area contributed by atoms with Crippen molar-refractivity contribution in [3.05, 3.63) is 77.4 Å². The van der Waals surface area contributed by atoms with Gasteiger partial charge in [-0.3, -0.25) is 19.2 Å². The van der Waals surface area contributed by atoms with E-state index in [2.05, 4.69) is 0 Å². The third-order valence-electron chi connectivity index (χ3n) is 7.68. The molecule has 2 amide bonds. The molecule has 254 valence electrons. The monoisotopic (exact) mass is 651 g/mol. The molecule has 0 spiro atoms. The van der Waals surface area contributed by atoms with Gasteiger partial charge < -0.3 is 24.1 Å². The summed E-state index contributed by atoms with van der Waals surface area (Å²) in [6.45, 7) is 7.73. The summed E-state index contributed by atoms with van der Waals surface area (Å²) >= 11 is 0. The number of rotatable bonds is 19. The number of esters is 1. The second-order valence-electron chi connectivity index (χ2n) is 11.7. The Balaban J connectivity index is 1.97.